The third-order valence-corrected chi connectivity index (χ3v) is 5.32. The zero-order chi connectivity index (χ0) is 17.6. The Morgan fingerprint density at radius 3 is 2.77 bits per heavy atom. The van der Waals surface area contributed by atoms with Gasteiger partial charge >= 0.3 is 0 Å². The number of aliphatic hydroxyl groups is 1. The topological polar surface area (TPSA) is 41.5 Å². The summed E-state index contributed by atoms with van der Waals surface area (Å²) in [6.45, 7) is 0.545. The lowest BCUT2D eigenvalue weighted by atomic mass is 9.81. The Morgan fingerprint density at radius 2 is 2.00 bits per heavy atom. The van der Waals surface area contributed by atoms with Gasteiger partial charge in [-0.25, -0.2) is 0 Å². The molecule has 1 aliphatic rings. The summed E-state index contributed by atoms with van der Waals surface area (Å²) in [5.74, 6) is 1.48. The molecule has 3 rings (SSSR count). The Bertz CT molecular complexity index is 695. The Labute approximate surface area is 167 Å². The van der Waals surface area contributed by atoms with E-state index in [0.29, 0.717) is 23.5 Å². The van der Waals surface area contributed by atoms with Gasteiger partial charge in [0.2, 0.25) is 0 Å². The fraction of sp³-hybridized carbons (Fsp3) is 0.429. The molecule has 0 spiro atoms. The summed E-state index contributed by atoms with van der Waals surface area (Å²) >= 11 is 6.01. The molecule has 0 aliphatic heterocycles. The van der Waals surface area contributed by atoms with Gasteiger partial charge in [0, 0.05) is 17.6 Å². The highest BCUT2D eigenvalue weighted by Gasteiger charge is 2.25. The molecule has 1 saturated carbocycles. The van der Waals surface area contributed by atoms with Crippen LogP contribution in [-0.2, 0) is 0 Å². The van der Waals surface area contributed by atoms with Crippen LogP contribution in [-0.4, -0.2) is 24.8 Å². The summed E-state index contributed by atoms with van der Waals surface area (Å²) in [6.07, 6.45) is 4.06. The molecule has 0 heterocycles. The van der Waals surface area contributed by atoms with Gasteiger partial charge in [0.15, 0.2) is 0 Å². The molecule has 0 saturated heterocycles. The van der Waals surface area contributed by atoms with Crippen molar-refractivity contribution in [3.05, 3.63) is 64.7 Å². The molecule has 3 atom stereocenters. The summed E-state index contributed by atoms with van der Waals surface area (Å²) in [5.41, 5.74) is 2.16. The van der Waals surface area contributed by atoms with Crippen molar-refractivity contribution in [3.63, 3.8) is 0 Å². The van der Waals surface area contributed by atoms with Crippen molar-refractivity contribution in [3.8, 4) is 5.75 Å². The molecule has 2 aromatic rings. The maximum absolute atomic E-state index is 10.4. The molecule has 0 amide bonds. The van der Waals surface area contributed by atoms with Gasteiger partial charge in [-0.05, 0) is 54.5 Å². The number of halogens is 2. The zero-order valence-corrected chi connectivity index (χ0v) is 16.6. The average Bonchev–Trinajstić information content (AvgIpc) is 2.66. The number of para-hydroxylation sites is 1. The highest BCUT2D eigenvalue weighted by molar-refractivity contribution is 6.30. The molecular formula is C21H27Cl2NO2. The van der Waals surface area contributed by atoms with Crippen LogP contribution in [0.2, 0.25) is 5.02 Å². The Balaban J connectivity index is 0.00000243. The Kier molecular flexibility index (Phi) is 8.23. The maximum Gasteiger partial charge on any atom is 0.122 e. The van der Waals surface area contributed by atoms with E-state index in [0.717, 1.165) is 24.2 Å². The van der Waals surface area contributed by atoms with Crippen molar-refractivity contribution in [2.75, 3.05) is 13.7 Å². The number of nitrogens with one attached hydrogen (secondary N) is 1. The first-order chi connectivity index (χ1) is 12.2. The number of rotatable bonds is 6. The lowest BCUT2D eigenvalue weighted by Crippen LogP contribution is -2.36. The number of methoxy groups -OCH3 is 1. The van der Waals surface area contributed by atoms with Gasteiger partial charge in [-0.15, -0.1) is 12.4 Å². The van der Waals surface area contributed by atoms with Crippen LogP contribution in [0.5, 0.6) is 5.75 Å². The lowest BCUT2D eigenvalue weighted by molar-refractivity contribution is 0.164. The Morgan fingerprint density at radius 1 is 1.19 bits per heavy atom. The summed E-state index contributed by atoms with van der Waals surface area (Å²) in [4.78, 5) is 0. The predicted molar refractivity (Wildman–Crippen MR) is 110 cm³/mol. The molecule has 2 N–H and O–H groups in total. The van der Waals surface area contributed by atoms with E-state index < -0.39 is 6.10 Å². The summed E-state index contributed by atoms with van der Waals surface area (Å²) in [6, 6.07) is 16.2. The van der Waals surface area contributed by atoms with Crippen molar-refractivity contribution in [2.45, 2.75) is 43.7 Å². The van der Waals surface area contributed by atoms with Crippen molar-refractivity contribution >= 4 is 24.0 Å². The van der Waals surface area contributed by atoms with Crippen molar-refractivity contribution in [1.29, 1.82) is 0 Å². The Hall–Kier alpha value is -1.26. The van der Waals surface area contributed by atoms with E-state index in [4.69, 9.17) is 16.3 Å². The second-order valence-corrected chi connectivity index (χ2v) is 7.22. The molecule has 5 heteroatoms. The number of aliphatic hydroxyl groups excluding tert-OH is 1. The van der Waals surface area contributed by atoms with E-state index in [9.17, 15) is 5.11 Å². The van der Waals surface area contributed by atoms with Gasteiger partial charge in [-0.1, -0.05) is 48.4 Å². The van der Waals surface area contributed by atoms with Gasteiger partial charge in [-0.3, -0.25) is 0 Å². The first-order valence-corrected chi connectivity index (χ1v) is 9.35. The molecule has 0 radical (unpaired) electrons. The van der Waals surface area contributed by atoms with Crippen LogP contribution in [0.4, 0.5) is 0 Å². The quantitative estimate of drug-likeness (QED) is 0.712. The molecule has 26 heavy (non-hydrogen) atoms. The highest BCUT2D eigenvalue weighted by atomic mass is 35.5. The number of benzene rings is 2. The molecule has 2 aromatic carbocycles. The number of hydrogen-bond acceptors (Lipinski definition) is 3. The van der Waals surface area contributed by atoms with Crippen LogP contribution < -0.4 is 10.1 Å². The van der Waals surface area contributed by atoms with Gasteiger partial charge < -0.3 is 15.2 Å². The first kappa shape index (κ1) is 21.0. The van der Waals surface area contributed by atoms with E-state index in [1.54, 1.807) is 7.11 Å². The van der Waals surface area contributed by atoms with E-state index in [-0.39, 0.29) is 12.4 Å². The number of ether oxygens (including phenoxy) is 1. The van der Waals surface area contributed by atoms with Gasteiger partial charge in [-0.2, -0.15) is 0 Å². The van der Waals surface area contributed by atoms with E-state index in [1.165, 1.54) is 18.4 Å². The summed E-state index contributed by atoms with van der Waals surface area (Å²) in [7, 11) is 1.73. The van der Waals surface area contributed by atoms with Crippen LogP contribution in [0, 0.1) is 0 Å². The molecule has 0 bridgehead atoms. The van der Waals surface area contributed by atoms with Crippen molar-refractivity contribution < 1.29 is 9.84 Å². The molecule has 1 fully saturated rings. The molecule has 3 nitrogen and oxygen atoms in total. The normalized spacial score (nSPS) is 20.9. The minimum Gasteiger partial charge on any atom is -0.496 e. The third-order valence-electron chi connectivity index (χ3n) is 5.09. The third kappa shape index (κ3) is 5.37. The maximum atomic E-state index is 10.4. The number of hydrogen-bond donors (Lipinski definition) is 2. The standard InChI is InChI=1S/C21H26ClNO2.ClH/c1-25-21-11-3-2-10-19(21)15-6-5-9-18(13-15)23-14-20(24)16-7-4-8-17(22)12-16;/h2-4,7-8,10-12,15,18,20,23-24H,5-6,9,13-14H2,1H3;1H/t15?,18?,20-;/m0./s1. The SMILES string of the molecule is COc1ccccc1C1CCCC(NC[C@H](O)c2cccc(Cl)c2)C1.Cl. The van der Waals surface area contributed by atoms with E-state index in [2.05, 4.69) is 17.4 Å². The van der Waals surface area contributed by atoms with Crippen molar-refractivity contribution in [2.24, 2.45) is 0 Å². The second kappa shape index (κ2) is 10.2. The highest BCUT2D eigenvalue weighted by Crippen LogP contribution is 2.37. The summed E-state index contributed by atoms with van der Waals surface area (Å²) < 4.78 is 5.53. The van der Waals surface area contributed by atoms with E-state index in [1.807, 2.05) is 36.4 Å². The van der Waals surface area contributed by atoms with Crippen molar-refractivity contribution in [1.82, 2.24) is 5.32 Å². The van der Waals surface area contributed by atoms with Crippen LogP contribution >= 0.6 is 24.0 Å². The lowest BCUT2D eigenvalue weighted by Gasteiger charge is -2.31. The zero-order valence-electron chi connectivity index (χ0n) is 15.0. The molecular weight excluding hydrogens is 369 g/mol. The fourth-order valence-electron chi connectivity index (χ4n) is 3.77. The largest absolute Gasteiger partial charge is 0.496 e. The fourth-order valence-corrected chi connectivity index (χ4v) is 3.97. The summed E-state index contributed by atoms with van der Waals surface area (Å²) in [5, 5.41) is 14.6. The smallest absolute Gasteiger partial charge is 0.122 e. The van der Waals surface area contributed by atoms with Gasteiger partial charge in [0.1, 0.15) is 5.75 Å². The molecule has 1 aliphatic carbocycles. The molecule has 0 aromatic heterocycles. The average molecular weight is 396 g/mol. The molecule has 2 unspecified atom stereocenters. The first-order valence-electron chi connectivity index (χ1n) is 8.97. The monoisotopic (exact) mass is 395 g/mol. The van der Waals surface area contributed by atoms with Gasteiger partial charge in [0.25, 0.3) is 0 Å². The second-order valence-electron chi connectivity index (χ2n) is 6.78. The predicted octanol–water partition coefficient (Wildman–Crippen LogP) is 5.12. The minimum absolute atomic E-state index is 0. The molecule has 142 valence electrons. The van der Waals surface area contributed by atoms with Crippen LogP contribution in [0.1, 0.15) is 48.8 Å². The van der Waals surface area contributed by atoms with Crippen LogP contribution in [0.15, 0.2) is 48.5 Å². The van der Waals surface area contributed by atoms with E-state index >= 15 is 0 Å². The minimum atomic E-state index is -0.537. The van der Waals surface area contributed by atoms with Gasteiger partial charge in [0.05, 0.1) is 13.2 Å². The van der Waals surface area contributed by atoms with Crippen LogP contribution in [0.3, 0.4) is 0 Å². The van der Waals surface area contributed by atoms with Crippen LogP contribution in [0.25, 0.3) is 0 Å².